The maximum atomic E-state index is 14.6. The lowest BCUT2D eigenvalue weighted by Crippen LogP contribution is -2.40. The molecule has 1 unspecified atom stereocenters. The summed E-state index contributed by atoms with van der Waals surface area (Å²) in [6.07, 6.45) is -1.51. The smallest absolute Gasteiger partial charge is 0.355 e. The Bertz CT molecular complexity index is 1510. The third-order valence-corrected chi connectivity index (χ3v) is 6.64. The number of nitrogens with zero attached hydrogens (tertiary/aromatic N) is 3. The summed E-state index contributed by atoms with van der Waals surface area (Å²) in [7, 11) is -1.91. The summed E-state index contributed by atoms with van der Waals surface area (Å²) >= 11 is 5.99. The fourth-order valence-corrected chi connectivity index (χ4v) is 4.56. The first-order valence-electron chi connectivity index (χ1n) is 10.2. The minimum atomic E-state index is -4.46. The van der Waals surface area contributed by atoms with Gasteiger partial charge in [0.05, 0.1) is 19.2 Å². The molecule has 0 aliphatic heterocycles. The highest BCUT2D eigenvalue weighted by molar-refractivity contribution is 7.90. The number of alkyl halides is 2. The molecule has 37 heavy (non-hydrogen) atoms. The number of hydrogen-bond donors (Lipinski definition) is 1. The number of carbonyl (C=O) groups excluding carboxylic acids is 1. The second-order valence-corrected chi connectivity index (χ2v) is 9.43. The Morgan fingerprint density at radius 2 is 1.81 bits per heavy atom. The van der Waals surface area contributed by atoms with Crippen LogP contribution in [0, 0.1) is 12.7 Å². The summed E-state index contributed by atoms with van der Waals surface area (Å²) in [5, 5.41) is 3.28. The van der Waals surface area contributed by atoms with Gasteiger partial charge in [0.15, 0.2) is 11.9 Å². The monoisotopic (exact) mass is 564 g/mol. The van der Waals surface area contributed by atoms with Crippen molar-refractivity contribution in [2.45, 2.75) is 31.4 Å². The van der Waals surface area contributed by atoms with Gasteiger partial charge < -0.3 is 14.2 Å². The van der Waals surface area contributed by atoms with E-state index in [4.69, 9.17) is 25.8 Å². The molecule has 16 heteroatoms. The van der Waals surface area contributed by atoms with E-state index in [-0.39, 0.29) is 37.6 Å². The van der Waals surface area contributed by atoms with Gasteiger partial charge in [0, 0.05) is 12.1 Å². The number of ether oxygens (including phenoxy) is 3. The van der Waals surface area contributed by atoms with E-state index in [1.807, 2.05) is 4.72 Å². The number of aryl methyl sites for hydroxylation is 1. The molecule has 3 aromatic rings. The number of halogens is 4. The van der Waals surface area contributed by atoms with Crippen molar-refractivity contribution in [2.24, 2.45) is 0 Å². The first-order valence-corrected chi connectivity index (χ1v) is 12.1. The van der Waals surface area contributed by atoms with Gasteiger partial charge in [0.1, 0.15) is 33.7 Å². The number of methoxy groups -OCH3 is 2. The van der Waals surface area contributed by atoms with Gasteiger partial charge in [0.25, 0.3) is 15.9 Å². The molecule has 1 aromatic heterocycles. The van der Waals surface area contributed by atoms with Crippen molar-refractivity contribution in [3.63, 3.8) is 0 Å². The summed E-state index contributed by atoms with van der Waals surface area (Å²) in [4.78, 5) is 24.5. The first-order chi connectivity index (χ1) is 17.3. The molecule has 11 nitrogen and oxygen atoms in total. The SMILES string of the molecule is COc1ccc(OC)c(S(=O)(=O)NC(=O)C(C)Oc2cc(-n3nc(C)n(C(F)F)c3=O)c(F)cc2Cl)c1. The number of nitrogens with one attached hydrogen (secondary N) is 1. The standard InChI is InChI=1S/C21H20ClF3N4O7S/c1-10(19(30)27-37(32,33)18-7-12(34-3)5-6-16(18)35-4)36-17-9-15(14(23)8-13(17)22)29-21(31)28(20(24)25)11(2)26-29/h5-10,20H,1-4H3,(H,27,30). The highest BCUT2D eigenvalue weighted by Crippen LogP contribution is 2.31. The lowest BCUT2D eigenvalue weighted by atomic mass is 10.2. The van der Waals surface area contributed by atoms with Crippen LogP contribution >= 0.6 is 11.6 Å². The molecule has 1 atom stereocenters. The molecule has 0 bridgehead atoms. The van der Waals surface area contributed by atoms with Crippen LogP contribution < -0.4 is 24.6 Å². The zero-order valence-corrected chi connectivity index (χ0v) is 21.2. The molecular formula is C21H20ClF3N4O7S. The Hall–Kier alpha value is -3.72. The van der Waals surface area contributed by atoms with Gasteiger partial charge in [0.2, 0.25) is 0 Å². The lowest BCUT2D eigenvalue weighted by molar-refractivity contribution is -0.125. The average molecular weight is 565 g/mol. The molecule has 0 fully saturated rings. The molecule has 0 aliphatic rings. The van der Waals surface area contributed by atoms with E-state index in [1.165, 1.54) is 33.3 Å². The Kier molecular flexibility index (Phi) is 8.07. The van der Waals surface area contributed by atoms with Crippen molar-refractivity contribution in [2.75, 3.05) is 14.2 Å². The normalized spacial score (nSPS) is 12.4. The van der Waals surface area contributed by atoms with Crippen molar-refractivity contribution in [1.82, 2.24) is 19.1 Å². The largest absolute Gasteiger partial charge is 0.497 e. The van der Waals surface area contributed by atoms with Gasteiger partial charge in [-0.3, -0.25) is 4.79 Å². The number of sulfonamides is 1. The van der Waals surface area contributed by atoms with Crippen molar-refractivity contribution < 1.29 is 40.6 Å². The van der Waals surface area contributed by atoms with Gasteiger partial charge in [-0.15, -0.1) is 5.10 Å². The molecule has 1 N–H and O–H groups in total. The fraction of sp³-hybridized carbons (Fsp3) is 0.286. The molecule has 200 valence electrons. The van der Waals surface area contributed by atoms with Crippen LogP contribution in [0.2, 0.25) is 5.02 Å². The predicted molar refractivity (Wildman–Crippen MR) is 124 cm³/mol. The minimum absolute atomic E-state index is 0.0440. The second kappa shape index (κ2) is 10.7. The van der Waals surface area contributed by atoms with Gasteiger partial charge in [-0.25, -0.2) is 26.9 Å². The molecule has 1 amide bonds. The molecule has 0 saturated heterocycles. The van der Waals surface area contributed by atoms with Crippen LogP contribution in [0.25, 0.3) is 5.69 Å². The van der Waals surface area contributed by atoms with Gasteiger partial charge in [-0.2, -0.15) is 13.5 Å². The molecule has 0 aliphatic carbocycles. The van der Waals surface area contributed by atoms with Gasteiger partial charge >= 0.3 is 12.2 Å². The quantitative estimate of drug-likeness (QED) is 0.420. The lowest BCUT2D eigenvalue weighted by Gasteiger charge is -2.17. The van der Waals surface area contributed by atoms with E-state index in [0.29, 0.717) is 4.68 Å². The van der Waals surface area contributed by atoms with Crippen molar-refractivity contribution >= 4 is 27.5 Å². The summed E-state index contributed by atoms with van der Waals surface area (Å²) in [6.45, 7) is -0.921. The number of rotatable bonds is 9. The number of aromatic nitrogens is 3. The van der Waals surface area contributed by atoms with Crippen LogP contribution in [0.3, 0.4) is 0 Å². The Morgan fingerprint density at radius 3 is 2.38 bits per heavy atom. The Balaban J connectivity index is 1.89. The molecule has 0 saturated carbocycles. The van der Waals surface area contributed by atoms with Crippen molar-refractivity contribution in [3.05, 3.63) is 57.5 Å². The van der Waals surface area contributed by atoms with E-state index in [0.717, 1.165) is 25.1 Å². The molecule has 1 heterocycles. The van der Waals surface area contributed by atoms with E-state index < -0.39 is 45.8 Å². The molecule has 3 rings (SSSR count). The van der Waals surface area contributed by atoms with Crippen molar-refractivity contribution in [1.29, 1.82) is 0 Å². The summed E-state index contributed by atoms with van der Waals surface area (Å²) in [6, 6.07) is 5.51. The Labute approximate surface area is 213 Å². The topological polar surface area (TPSA) is 131 Å². The van der Waals surface area contributed by atoms with Crippen LogP contribution in [-0.2, 0) is 14.8 Å². The van der Waals surface area contributed by atoms with Crippen LogP contribution in [0.1, 0.15) is 19.3 Å². The van der Waals surface area contributed by atoms with E-state index in [2.05, 4.69) is 5.10 Å². The highest BCUT2D eigenvalue weighted by Gasteiger charge is 2.28. The number of hydrogen-bond acceptors (Lipinski definition) is 8. The molecule has 0 spiro atoms. The third-order valence-electron chi connectivity index (χ3n) is 4.97. The maximum absolute atomic E-state index is 14.6. The number of carbonyl (C=O) groups is 1. The third kappa shape index (κ3) is 5.67. The molecular weight excluding hydrogens is 545 g/mol. The van der Waals surface area contributed by atoms with Crippen molar-refractivity contribution in [3.8, 4) is 22.9 Å². The molecule has 0 radical (unpaired) electrons. The summed E-state index contributed by atoms with van der Waals surface area (Å²) < 4.78 is 84.2. The van der Waals surface area contributed by atoms with E-state index in [1.54, 1.807) is 0 Å². The Morgan fingerprint density at radius 1 is 1.14 bits per heavy atom. The maximum Gasteiger partial charge on any atom is 0.355 e. The van der Waals surface area contributed by atoms with Crippen LogP contribution in [0.4, 0.5) is 13.2 Å². The summed E-state index contributed by atoms with van der Waals surface area (Å²) in [5.41, 5.74) is -1.92. The van der Waals surface area contributed by atoms with Gasteiger partial charge in [-0.1, -0.05) is 11.6 Å². The van der Waals surface area contributed by atoms with Crippen LogP contribution in [-0.4, -0.2) is 49.0 Å². The number of amides is 1. The second-order valence-electron chi connectivity index (χ2n) is 7.37. The predicted octanol–water partition coefficient (Wildman–Crippen LogP) is 2.82. The molecule has 2 aromatic carbocycles. The van der Waals surface area contributed by atoms with Gasteiger partial charge in [-0.05, 0) is 32.0 Å². The fourth-order valence-electron chi connectivity index (χ4n) is 3.14. The minimum Gasteiger partial charge on any atom is -0.497 e. The van der Waals surface area contributed by atoms with E-state index >= 15 is 0 Å². The van der Waals surface area contributed by atoms with Crippen LogP contribution in [0.15, 0.2) is 40.0 Å². The van der Waals surface area contributed by atoms with E-state index in [9.17, 15) is 31.2 Å². The summed E-state index contributed by atoms with van der Waals surface area (Å²) in [5.74, 6) is -2.85. The van der Waals surface area contributed by atoms with Crippen LogP contribution in [0.5, 0.6) is 17.2 Å². The number of benzene rings is 2. The highest BCUT2D eigenvalue weighted by atomic mass is 35.5. The first kappa shape index (κ1) is 27.9. The zero-order valence-electron chi connectivity index (χ0n) is 19.7. The average Bonchev–Trinajstić information content (AvgIpc) is 3.13. The zero-order chi connectivity index (χ0) is 27.7.